The minimum Gasteiger partial charge on any atom is -0.481 e. The molecule has 0 radical (unpaired) electrons. The lowest BCUT2D eigenvalue weighted by atomic mass is 9.82. The molecule has 1 saturated carbocycles. The van der Waals surface area contributed by atoms with Crippen LogP contribution in [0.2, 0.25) is 0 Å². The summed E-state index contributed by atoms with van der Waals surface area (Å²) in [5.74, 6) is -0.964. The van der Waals surface area contributed by atoms with Crippen molar-refractivity contribution in [3.63, 3.8) is 0 Å². The first kappa shape index (κ1) is 12.4. The molecule has 2 fully saturated rings. The Hall–Kier alpha value is -1.10. The summed E-state index contributed by atoms with van der Waals surface area (Å²) in [4.78, 5) is 24.9. The first-order valence-corrected chi connectivity index (χ1v) is 6.23. The van der Waals surface area contributed by atoms with Crippen molar-refractivity contribution in [1.82, 2.24) is 4.90 Å². The molecule has 1 amide bonds. The largest absolute Gasteiger partial charge is 0.481 e. The van der Waals surface area contributed by atoms with E-state index in [0.717, 1.165) is 12.8 Å². The van der Waals surface area contributed by atoms with Crippen LogP contribution in [0, 0.1) is 5.41 Å². The van der Waals surface area contributed by atoms with Crippen LogP contribution >= 0.6 is 0 Å². The number of carbonyl (C=O) groups is 2. The van der Waals surface area contributed by atoms with Crippen LogP contribution in [0.25, 0.3) is 0 Å². The van der Waals surface area contributed by atoms with Crippen LogP contribution in [0.4, 0.5) is 0 Å². The standard InChI is InChI=1S/C12H19NO4/c14-9-3-6-13(8-9)10(15)7-12(11(16)17)4-1-2-5-12/h9,14H,1-8H2,(H,16,17)/t9-/m0/s1. The molecule has 0 aromatic rings. The van der Waals surface area contributed by atoms with Gasteiger partial charge in [-0.25, -0.2) is 0 Å². The number of aliphatic hydroxyl groups excluding tert-OH is 1. The highest BCUT2D eigenvalue weighted by atomic mass is 16.4. The van der Waals surface area contributed by atoms with Crippen molar-refractivity contribution >= 4 is 11.9 Å². The van der Waals surface area contributed by atoms with Gasteiger partial charge in [0, 0.05) is 19.5 Å². The fourth-order valence-corrected chi connectivity index (χ4v) is 2.89. The van der Waals surface area contributed by atoms with E-state index in [1.807, 2.05) is 0 Å². The van der Waals surface area contributed by atoms with E-state index in [4.69, 9.17) is 0 Å². The highest BCUT2D eigenvalue weighted by molar-refractivity contribution is 5.85. The van der Waals surface area contributed by atoms with Crippen LogP contribution in [0.15, 0.2) is 0 Å². The van der Waals surface area contributed by atoms with E-state index in [2.05, 4.69) is 0 Å². The van der Waals surface area contributed by atoms with Crippen molar-refractivity contribution in [2.24, 2.45) is 5.41 Å². The van der Waals surface area contributed by atoms with Gasteiger partial charge in [-0.1, -0.05) is 12.8 Å². The topological polar surface area (TPSA) is 77.8 Å². The molecule has 2 aliphatic rings. The number of β-amino-alcohol motifs (C(OH)–C–C–N with tert-alkyl or cyclic N) is 1. The molecule has 5 nitrogen and oxygen atoms in total. The zero-order valence-electron chi connectivity index (χ0n) is 9.89. The Morgan fingerprint density at radius 1 is 1.29 bits per heavy atom. The number of aliphatic carboxylic acids is 1. The number of carboxylic acid groups (broad SMARTS) is 1. The summed E-state index contributed by atoms with van der Waals surface area (Å²) >= 11 is 0. The highest BCUT2D eigenvalue weighted by Crippen LogP contribution is 2.41. The zero-order chi connectivity index (χ0) is 12.5. The molecule has 0 aromatic carbocycles. The maximum Gasteiger partial charge on any atom is 0.310 e. The molecule has 1 atom stereocenters. The second-order valence-corrected chi connectivity index (χ2v) is 5.25. The molecule has 0 aromatic heterocycles. The molecule has 5 heteroatoms. The predicted molar refractivity (Wildman–Crippen MR) is 60.4 cm³/mol. The Kier molecular flexibility index (Phi) is 3.38. The van der Waals surface area contributed by atoms with E-state index in [0.29, 0.717) is 32.4 Å². The molecule has 1 aliphatic carbocycles. The van der Waals surface area contributed by atoms with E-state index in [-0.39, 0.29) is 12.3 Å². The third kappa shape index (κ3) is 2.44. The van der Waals surface area contributed by atoms with Crippen molar-refractivity contribution in [2.45, 2.75) is 44.6 Å². The summed E-state index contributed by atoms with van der Waals surface area (Å²) in [6, 6.07) is 0. The van der Waals surface area contributed by atoms with Gasteiger partial charge >= 0.3 is 5.97 Å². The summed E-state index contributed by atoms with van der Waals surface area (Å²) < 4.78 is 0. The predicted octanol–water partition coefficient (Wildman–Crippen LogP) is 0.615. The Balaban J connectivity index is 1.99. The van der Waals surface area contributed by atoms with E-state index in [1.165, 1.54) is 0 Å². The third-order valence-electron chi connectivity index (χ3n) is 4.02. The Labute approximate surface area is 100 Å². The lowest BCUT2D eigenvalue weighted by Crippen LogP contribution is -2.37. The number of carbonyl (C=O) groups excluding carboxylic acids is 1. The molecule has 0 spiro atoms. The fraction of sp³-hybridized carbons (Fsp3) is 0.833. The number of aliphatic hydroxyl groups is 1. The number of rotatable bonds is 3. The second-order valence-electron chi connectivity index (χ2n) is 5.25. The molecule has 17 heavy (non-hydrogen) atoms. The maximum absolute atomic E-state index is 12.0. The number of amides is 1. The minimum atomic E-state index is -0.844. The Morgan fingerprint density at radius 3 is 2.41 bits per heavy atom. The quantitative estimate of drug-likeness (QED) is 0.759. The fourth-order valence-electron chi connectivity index (χ4n) is 2.89. The van der Waals surface area contributed by atoms with Gasteiger partial charge in [0.1, 0.15) is 0 Å². The van der Waals surface area contributed by atoms with Gasteiger partial charge in [0.05, 0.1) is 11.5 Å². The van der Waals surface area contributed by atoms with Crippen LogP contribution in [0.1, 0.15) is 38.5 Å². The van der Waals surface area contributed by atoms with Gasteiger partial charge in [-0.15, -0.1) is 0 Å². The van der Waals surface area contributed by atoms with Crippen molar-refractivity contribution < 1.29 is 19.8 Å². The normalized spacial score (nSPS) is 27.4. The molecular weight excluding hydrogens is 222 g/mol. The molecule has 0 bridgehead atoms. The monoisotopic (exact) mass is 241 g/mol. The number of hydrogen-bond acceptors (Lipinski definition) is 3. The molecule has 2 rings (SSSR count). The molecule has 1 aliphatic heterocycles. The molecule has 0 unspecified atom stereocenters. The summed E-state index contributed by atoms with van der Waals surface area (Å²) in [5, 5.41) is 18.7. The maximum atomic E-state index is 12.0. The number of nitrogens with zero attached hydrogens (tertiary/aromatic N) is 1. The average molecular weight is 241 g/mol. The van der Waals surface area contributed by atoms with E-state index >= 15 is 0 Å². The van der Waals surface area contributed by atoms with Crippen molar-refractivity contribution in [2.75, 3.05) is 13.1 Å². The zero-order valence-corrected chi connectivity index (χ0v) is 9.89. The van der Waals surface area contributed by atoms with Gasteiger partial charge in [0.15, 0.2) is 0 Å². The van der Waals surface area contributed by atoms with Gasteiger partial charge in [0.25, 0.3) is 0 Å². The minimum absolute atomic E-state index is 0.0923. The van der Waals surface area contributed by atoms with Crippen molar-refractivity contribution in [1.29, 1.82) is 0 Å². The molecule has 1 heterocycles. The van der Waals surface area contributed by atoms with Gasteiger partial charge < -0.3 is 15.1 Å². The Morgan fingerprint density at radius 2 is 1.94 bits per heavy atom. The van der Waals surface area contributed by atoms with E-state index in [9.17, 15) is 19.8 Å². The van der Waals surface area contributed by atoms with Gasteiger partial charge in [-0.3, -0.25) is 9.59 Å². The van der Waals surface area contributed by atoms with Crippen LogP contribution < -0.4 is 0 Å². The first-order chi connectivity index (χ1) is 8.03. The van der Waals surface area contributed by atoms with Crippen LogP contribution in [0.5, 0.6) is 0 Å². The SMILES string of the molecule is O=C(CC1(C(=O)O)CCCC1)N1CC[C@H](O)C1. The summed E-state index contributed by atoms with van der Waals surface area (Å²) in [6.07, 6.45) is 3.24. The van der Waals surface area contributed by atoms with Crippen molar-refractivity contribution in [3.8, 4) is 0 Å². The smallest absolute Gasteiger partial charge is 0.310 e. The molecule has 1 saturated heterocycles. The molecule has 96 valence electrons. The second kappa shape index (κ2) is 4.64. The van der Waals surface area contributed by atoms with Gasteiger partial charge in [0.2, 0.25) is 5.91 Å². The number of likely N-dealkylation sites (tertiary alicyclic amines) is 1. The van der Waals surface area contributed by atoms with Gasteiger partial charge in [-0.05, 0) is 19.3 Å². The van der Waals surface area contributed by atoms with E-state index in [1.54, 1.807) is 4.90 Å². The number of hydrogen-bond donors (Lipinski definition) is 2. The Bertz CT molecular complexity index is 322. The third-order valence-corrected chi connectivity index (χ3v) is 4.02. The lowest BCUT2D eigenvalue weighted by Gasteiger charge is -2.26. The summed E-state index contributed by atoms with van der Waals surface area (Å²) in [7, 11) is 0. The van der Waals surface area contributed by atoms with Crippen LogP contribution in [-0.4, -0.2) is 46.2 Å². The van der Waals surface area contributed by atoms with Crippen molar-refractivity contribution in [3.05, 3.63) is 0 Å². The van der Waals surface area contributed by atoms with E-state index < -0.39 is 17.5 Å². The van der Waals surface area contributed by atoms with Crippen LogP contribution in [-0.2, 0) is 9.59 Å². The number of carboxylic acids is 1. The average Bonchev–Trinajstić information content (AvgIpc) is 2.87. The lowest BCUT2D eigenvalue weighted by molar-refractivity contribution is -0.153. The summed E-state index contributed by atoms with van der Waals surface area (Å²) in [5.41, 5.74) is -0.843. The van der Waals surface area contributed by atoms with Gasteiger partial charge in [-0.2, -0.15) is 0 Å². The first-order valence-electron chi connectivity index (χ1n) is 6.23. The molecular formula is C12H19NO4. The summed E-state index contributed by atoms with van der Waals surface area (Å²) in [6.45, 7) is 0.907. The highest BCUT2D eigenvalue weighted by Gasteiger charge is 2.44. The molecule has 2 N–H and O–H groups in total. The van der Waals surface area contributed by atoms with Crippen LogP contribution in [0.3, 0.4) is 0 Å².